The number of nitrogen functional groups attached to an aromatic ring is 1. The standard InChI is InChI=1S/C10H9BrFN5S/c1-17-4-15-16-10(17)18-6-3-2-5(9(13)14)7(11)8(6)12/h2-4H,1H3,(H3,13,14). The fourth-order valence-corrected chi connectivity index (χ4v) is 2.78. The minimum atomic E-state index is -0.462. The molecule has 0 aliphatic heterocycles. The fourth-order valence-electron chi connectivity index (χ4n) is 1.28. The number of hydrogen-bond acceptors (Lipinski definition) is 4. The Kier molecular flexibility index (Phi) is 3.67. The van der Waals surface area contributed by atoms with E-state index in [0.717, 1.165) is 11.8 Å². The molecule has 0 unspecified atom stereocenters. The van der Waals surface area contributed by atoms with Gasteiger partial charge in [-0.1, -0.05) is 0 Å². The summed E-state index contributed by atoms with van der Waals surface area (Å²) >= 11 is 4.26. The first kappa shape index (κ1) is 13.0. The van der Waals surface area contributed by atoms with Gasteiger partial charge in [0.05, 0.1) is 9.37 Å². The second-order valence-electron chi connectivity index (χ2n) is 3.48. The van der Waals surface area contributed by atoms with Gasteiger partial charge in [-0.2, -0.15) is 0 Å². The zero-order valence-electron chi connectivity index (χ0n) is 9.32. The summed E-state index contributed by atoms with van der Waals surface area (Å²) in [6.45, 7) is 0. The summed E-state index contributed by atoms with van der Waals surface area (Å²) in [6.07, 6.45) is 1.54. The lowest BCUT2D eigenvalue weighted by Crippen LogP contribution is -2.12. The monoisotopic (exact) mass is 329 g/mol. The Bertz CT molecular complexity index is 612. The van der Waals surface area contributed by atoms with Crippen molar-refractivity contribution in [3.63, 3.8) is 0 Å². The summed E-state index contributed by atoms with van der Waals surface area (Å²) in [7, 11) is 1.78. The Labute approximate surface area is 115 Å². The third-order valence-electron chi connectivity index (χ3n) is 2.21. The SMILES string of the molecule is Cn1cnnc1Sc1ccc(C(=N)N)c(Br)c1F. The average Bonchev–Trinajstić information content (AvgIpc) is 2.70. The van der Waals surface area contributed by atoms with Gasteiger partial charge in [-0.15, -0.1) is 10.2 Å². The molecule has 0 fully saturated rings. The number of benzene rings is 1. The predicted molar refractivity (Wildman–Crippen MR) is 70.2 cm³/mol. The van der Waals surface area contributed by atoms with Crippen LogP contribution in [-0.4, -0.2) is 20.6 Å². The van der Waals surface area contributed by atoms with Crippen LogP contribution in [0.25, 0.3) is 0 Å². The summed E-state index contributed by atoms with van der Waals surface area (Å²) in [6, 6.07) is 3.16. The van der Waals surface area contributed by atoms with E-state index in [2.05, 4.69) is 26.1 Å². The average molecular weight is 330 g/mol. The summed E-state index contributed by atoms with van der Waals surface area (Å²) < 4.78 is 15.9. The number of rotatable bonds is 3. The quantitative estimate of drug-likeness (QED) is 0.667. The third kappa shape index (κ3) is 2.39. The number of hydrogen-bond donors (Lipinski definition) is 2. The van der Waals surface area contributed by atoms with Gasteiger partial charge in [0.2, 0.25) is 0 Å². The second-order valence-corrected chi connectivity index (χ2v) is 5.28. The first-order chi connectivity index (χ1) is 8.50. The molecule has 8 heteroatoms. The number of nitrogens with one attached hydrogen (secondary N) is 1. The van der Waals surface area contributed by atoms with Crippen molar-refractivity contribution < 1.29 is 4.39 Å². The zero-order valence-corrected chi connectivity index (χ0v) is 11.7. The summed E-state index contributed by atoms with van der Waals surface area (Å²) in [4.78, 5) is 0.392. The van der Waals surface area contributed by atoms with E-state index in [-0.39, 0.29) is 10.3 Å². The molecule has 18 heavy (non-hydrogen) atoms. The summed E-state index contributed by atoms with van der Waals surface area (Å²) in [5.41, 5.74) is 5.68. The molecule has 1 aromatic carbocycles. The molecule has 0 atom stereocenters. The maximum absolute atomic E-state index is 14.1. The largest absolute Gasteiger partial charge is 0.384 e. The molecule has 94 valence electrons. The summed E-state index contributed by atoms with van der Waals surface area (Å²) in [5.74, 6) is -0.647. The molecule has 0 saturated carbocycles. The van der Waals surface area contributed by atoms with Crippen molar-refractivity contribution in [2.45, 2.75) is 10.1 Å². The van der Waals surface area contributed by atoms with Crippen LogP contribution in [-0.2, 0) is 7.05 Å². The highest BCUT2D eigenvalue weighted by atomic mass is 79.9. The fraction of sp³-hybridized carbons (Fsp3) is 0.100. The maximum Gasteiger partial charge on any atom is 0.195 e. The number of nitrogens with two attached hydrogens (primary N) is 1. The number of amidine groups is 1. The normalized spacial score (nSPS) is 10.6. The van der Waals surface area contributed by atoms with Crippen molar-refractivity contribution in [3.8, 4) is 0 Å². The minimum Gasteiger partial charge on any atom is -0.384 e. The third-order valence-corrected chi connectivity index (χ3v) is 4.07. The van der Waals surface area contributed by atoms with Gasteiger partial charge in [-0.05, 0) is 39.8 Å². The van der Waals surface area contributed by atoms with E-state index in [0.29, 0.717) is 15.6 Å². The van der Waals surface area contributed by atoms with E-state index >= 15 is 0 Å². The predicted octanol–water partition coefficient (Wildman–Crippen LogP) is 2.15. The van der Waals surface area contributed by atoms with E-state index in [1.165, 1.54) is 0 Å². The van der Waals surface area contributed by atoms with Gasteiger partial charge in [-0.25, -0.2) is 4.39 Å². The molecule has 0 spiro atoms. The molecule has 0 bridgehead atoms. The molecule has 0 amide bonds. The molecule has 0 saturated heterocycles. The lowest BCUT2D eigenvalue weighted by Gasteiger charge is -2.07. The van der Waals surface area contributed by atoms with Gasteiger partial charge >= 0.3 is 0 Å². The summed E-state index contributed by atoms with van der Waals surface area (Å²) in [5, 5.41) is 15.5. The highest BCUT2D eigenvalue weighted by Crippen LogP contribution is 2.33. The highest BCUT2D eigenvalue weighted by molar-refractivity contribution is 9.10. The van der Waals surface area contributed by atoms with Crippen molar-refractivity contribution in [1.82, 2.24) is 14.8 Å². The first-order valence-corrected chi connectivity index (χ1v) is 6.46. The van der Waals surface area contributed by atoms with Crippen LogP contribution in [0.1, 0.15) is 5.56 Å². The van der Waals surface area contributed by atoms with E-state index in [1.54, 1.807) is 30.1 Å². The molecule has 0 aliphatic carbocycles. The van der Waals surface area contributed by atoms with Crippen LogP contribution in [0.5, 0.6) is 0 Å². The minimum absolute atomic E-state index is 0.183. The number of aryl methyl sites for hydroxylation is 1. The number of aromatic nitrogens is 3. The van der Waals surface area contributed by atoms with E-state index < -0.39 is 5.82 Å². The Morgan fingerprint density at radius 1 is 1.56 bits per heavy atom. The Morgan fingerprint density at radius 2 is 2.28 bits per heavy atom. The number of halogens is 2. The van der Waals surface area contributed by atoms with Gasteiger partial charge < -0.3 is 10.3 Å². The molecular formula is C10H9BrFN5S. The maximum atomic E-state index is 14.1. The molecule has 1 heterocycles. The van der Waals surface area contributed by atoms with Crippen molar-refractivity contribution in [1.29, 1.82) is 5.41 Å². The molecule has 0 aliphatic rings. The van der Waals surface area contributed by atoms with Crippen LogP contribution >= 0.6 is 27.7 Å². The van der Waals surface area contributed by atoms with Crippen LogP contribution in [0, 0.1) is 11.2 Å². The lowest BCUT2D eigenvalue weighted by molar-refractivity contribution is 0.594. The molecule has 2 rings (SSSR count). The van der Waals surface area contributed by atoms with Crippen molar-refractivity contribution in [2.24, 2.45) is 12.8 Å². The van der Waals surface area contributed by atoms with E-state index in [9.17, 15) is 4.39 Å². The highest BCUT2D eigenvalue weighted by Gasteiger charge is 2.15. The molecule has 3 N–H and O–H groups in total. The second kappa shape index (κ2) is 5.07. The van der Waals surface area contributed by atoms with Crippen LogP contribution in [0.2, 0.25) is 0 Å². The van der Waals surface area contributed by atoms with Crippen molar-refractivity contribution >= 4 is 33.5 Å². The molecule has 5 nitrogen and oxygen atoms in total. The van der Waals surface area contributed by atoms with Crippen LogP contribution < -0.4 is 5.73 Å². The molecule has 2 aromatic rings. The smallest absolute Gasteiger partial charge is 0.195 e. The first-order valence-electron chi connectivity index (χ1n) is 4.85. The Morgan fingerprint density at radius 3 is 2.83 bits per heavy atom. The Balaban J connectivity index is 2.39. The molecular weight excluding hydrogens is 321 g/mol. The van der Waals surface area contributed by atoms with Crippen LogP contribution in [0.3, 0.4) is 0 Å². The van der Waals surface area contributed by atoms with Gasteiger partial charge in [0.1, 0.15) is 12.2 Å². The molecule has 0 radical (unpaired) electrons. The van der Waals surface area contributed by atoms with Gasteiger partial charge in [0.15, 0.2) is 11.0 Å². The molecule has 1 aromatic heterocycles. The number of nitrogens with zero attached hydrogens (tertiary/aromatic N) is 3. The Hall–Kier alpha value is -1.41. The van der Waals surface area contributed by atoms with Crippen LogP contribution in [0.4, 0.5) is 4.39 Å². The van der Waals surface area contributed by atoms with Crippen LogP contribution in [0.15, 0.2) is 33.0 Å². The van der Waals surface area contributed by atoms with E-state index in [1.807, 2.05) is 0 Å². The zero-order chi connectivity index (χ0) is 13.3. The van der Waals surface area contributed by atoms with Crippen molar-refractivity contribution in [3.05, 3.63) is 34.3 Å². The lowest BCUT2D eigenvalue weighted by atomic mass is 10.2. The van der Waals surface area contributed by atoms with Gasteiger partial charge in [0.25, 0.3) is 0 Å². The van der Waals surface area contributed by atoms with E-state index in [4.69, 9.17) is 11.1 Å². The topological polar surface area (TPSA) is 80.6 Å². The van der Waals surface area contributed by atoms with Crippen molar-refractivity contribution in [2.75, 3.05) is 0 Å². The van der Waals surface area contributed by atoms with Gasteiger partial charge in [0, 0.05) is 12.6 Å². The van der Waals surface area contributed by atoms with Gasteiger partial charge in [-0.3, -0.25) is 5.41 Å².